The predicted octanol–water partition coefficient (Wildman–Crippen LogP) is 5.17. The van der Waals surface area contributed by atoms with Crippen molar-refractivity contribution in [1.82, 2.24) is 4.90 Å². The Balaban J connectivity index is 1.72. The van der Waals surface area contributed by atoms with Crippen molar-refractivity contribution in [1.29, 1.82) is 0 Å². The smallest absolute Gasteiger partial charge is 0.347 e. The van der Waals surface area contributed by atoms with Gasteiger partial charge in [-0.15, -0.1) is 0 Å². The highest BCUT2D eigenvalue weighted by molar-refractivity contribution is 5.79. The molecule has 1 N–H and O–H groups in total. The molecule has 0 aromatic heterocycles. The summed E-state index contributed by atoms with van der Waals surface area (Å²) in [5.74, 6) is 0.144. The fourth-order valence-corrected chi connectivity index (χ4v) is 4.27. The van der Waals surface area contributed by atoms with Crippen LogP contribution < -0.4 is 4.74 Å². The van der Waals surface area contributed by atoms with E-state index in [2.05, 4.69) is 45.0 Å². The summed E-state index contributed by atoms with van der Waals surface area (Å²) in [6.45, 7) is 11.0. The molecule has 0 saturated carbocycles. The number of likely N-dealkylation sites (tertiary alicyclic amines) is 1. The summed E-state index contributed by atoms with van der Waals surface area (Å²) in [6, 6.07) is 16.0. The number of piperidine rings is 1. The van der Waals surface area contributed by atoms with Crippen molar-refractivity contribution >= 4 is 11.9 Å². The third-order valence-electron chi connectivity index (χ3n) is 6.47. The van der Waals surface area contributed by atoms with Gasteiger partial charge in [0.15, 0.2) is 5.60 Å². The van der Waals surface area contributed by atoms with Crippen LogP contribution in [0, 0.1) is 0 Å². The first-order valence-corrected chi connectivity index (χ1v) is 11.4. The van der Waals surface area contributed by atoms with Crippen LogP contribution in [0.4, 0.5) is 0 Å². The van der Waals surface area contributed by atoms with Gasteiger partial charge in [0.1, 0.15) is 5.75 Å². The lowest BCUT2D eigenvalue weighted by Crippen LogP contribution is -2.47. The molecule has 1 heterocycles. The van der Waals surface area contributed by atoms with Gasteiger partial charge < -0.3 is 14.7 Å². The Hall–Kier alpha value is -2.82. The molecular weight excluding hydrogens is 402 g/mol. The van der Waals surface area contributed by atoms with Crippen LogP contribution in [0.3, 0.4) is 0 Å². The minimum absolute atomic E-state index is 0.146. The van der Waals surface area contributed by atoms with Crippen LogP contribution in [0.1, 0.15) is 70.1 Å². The molecule has 0 spiro atoms. The molecule has 1 aliphatic rings. The summed E-state index contributed by atoms with van der Waals surface area (Å²) in [6.07, 6.45) is 2.30. The first-order chi connectivity index (χ1) is 15.0. The number of carbonyl (C=O) groups is 2. The quantitative estimate of drug-likeness (QED) is 0.649. The van der Waals surface area contributed by atoms with Gasteiger partial charge >= 0.3 is 5.97 Å². The number of amides is 1. The average Bonchev–Trinajstić information content (AvgIpc) is 2.74. The van der Waals surface area contributed by atoms with Gasteiger partial charge in [-0.1, -0.05) is 57.2 Å². The van der Waals surface area contributed by atoms with Crippen LogP contribution >= 0.6 is 0 Å². The van der Waals surface area contributed by atoms with Gasteiger partial charge in [0.25, 0.3) is 0 Å². The lowest BCUT2D eigenvalue weighted by Gasteiger charge is -2.41. The van der Waals surface area contributed by atoms with E-state index in [1.165, 1.54) is 5.56 Å². The highest BCUT2D eigenvalue weighted by Gasteiger charge is 2.35. The number of ether oxygens (including phenoxy) is 1. The molecule has 1 fully saturated rings. The summed E-state index contributed by atoms with van der Waals surface area (Å²) in [4.78, 5) is 26.5. The van der Waals surface area contributed by atoms with Crippen molar-refractivity contribution in [3.8, 4) is 5.75 Å². The minimum atomic E-state index is -1.31. The summed E-state index contributed by atoms with van der Waals surface area (Å²) >= 11 is 0. The molecule has 3 rings (SSSR count). The van der Waals surface area contributed by atoms with E-state index in [-0.39, 0.29) is 11.3 Å². The zero-order valence-electron chi connectivity index (χ0n) is 19.9. The molecule has 2 aromatic carbocycles. The van der Waals surface area contributed by atoms with Crippen molar-refractivity contribution < 1.29 is 19.4 Å². The van der Waals surface area contributed by atoms with E-state index in [1.54, 1.807) is 19.9 Å². The molecule has 0 unspecified atom stereocenters. The van der Waals surface area contributed by atoms with Crippen molar-refractivity contribution in [3.63, 3.8) is 0 Å². The summed E-state index contributed by atoms with van der Waals surface area (Å²) in [5.41, 5.74) is 1.87. The first kappa shape index (κ1) is 23.8. The van der Waals surface area contributed by atoms with E-state index >= 15 is 0 Å². The fourth-order valence-electron chi connectivity index (χ4n) is 4.27. The maximum absolute atomic E-state index is 13.1. The monoisotopic (exact) mass is 437 g/mol. The lowest BCUT2D eigenvalue weighted by molar-refractivity contribution is -0.152. The molecule has 1 atom stereocenters. The summed E-state index contributed by atoms with van der Waals surface area (Å²) < 4.78 is 5.74. The number of carboxylic acids is 1. The van der Waals surface area contributed by atoms with Crippen molar-refractivity contribution in [3.05, 3.63) is 65.2 Å². The van der Waals surface area contributed by atoms with E-state index < -0.39 is 11.6 Å². The van der Waals surface area contributed by atoms with Crippen molar-refractivity contribution in [2.75, 3.05) is 13.1 Å². The molecule has 0 bridgehead atoms. The molecule has 5 nitrogen and oxygen atoms in total. The van der Waals surface area contributed by atoms with Gasteiger partial charge in [-0.25, -0.2) is 4.79 Å². The Morgan fingerprint density at radius 3 is 2.47 bits per heavy atom. The number of aliphatic carboxylic acids is 1. The maximum Gasteiger partial charge on any atom is 0.347 e. The molecule has 2 aromatic rings. The number of hydrogen-bond acceptors (Lipinski definition) is 3. The molecule has 32 heavy (non-hydrogen) atoms. The molecule has 0 radical (unpaired) electrons. The van der Waals surface area contributed by atoms with Crippen LogP contribution in [0.25, 0.3) is 0 Å². The lowest BCUT2D eigenvalue weighted by atomic mass is 9.75. The third kappa shape index (κ3) is 5.50. The molecule has 1 amide bonds. The molecule has 5 heteroatoms. The molecular formula is C27H35NO4. The van der Waals surface area contributed by atoms with E-state index in [0.29, 0.717) is 24.6 Å². The topological polar surface area (TPSA) is 66.8 Å². The Morgan fingerprint density at radius 1 is 1.16 bits per heavy atom. The molecule has 172 valence electrons. The summed E-state index contributed by atoms with van der Waals surface area (Å²) in [7, 11) is 0. The van der Waals surface area contributed by atoms with Crippen LogP contribution in [-0.2, 0) is 21.4 Å². The Kier molecular flexibility index (Phi) is 6.97. The second-order valence-corrected chi connectivity index (χ2v) is 10.00. The largest absolute Gasteiger partial charge is 0.478 e. The predicted molar refractivity (Wildman–Crippen MR) is 126 cm³/mol. The zero-order chi connectivity index (χ0) is 23.5. The maximum atomic E-state index is 13.1. The number of benzene rings is 2. The zero-order valence-corrected chi connectivity index (χ0v) is 19.9. The van der Waals surface area contributed by atoms with Crippen molar-refractivity contribution in [2.45, 2.75) is 70.8 Å². The van der Waals surface area contributed by atoms with Gasteiger partial charge in [0, 0.05) is 18.5 Å². The first-order valence-electron chi connectivity index (χ1n) is 11.4. The molecule has 0 aliphatic carbocycles. The van der Waals surface area contributed by atoms with Crippen molar-refractivity contribution in [2.24, 2.45) is 0 Å². The number of nitrogens with zero attached hydrogens (tertiary/aromatic N) is 1. The Morgan fingerprint density at radius 2 is 1.84 bits per heavy atom. The van der Waals surface area contributed by atoms with E-state index in [0.717, 1.165) is 30.5 Å². The standard InChI is InChI=1S/C27H35NO4/c1-19(2)21-12-10-20(11-13-21)16-24(29)28-15-7-14-27(5,18-28)22-8-6-9-23(17-22)32-26(3,4)25(30)31/h6,8-13,17,19H,7,14-16,18H2,1-5H3,(H,30,31)/t27-/m1/s1. The van der Waals surface area contributed by atoms with Crippen LogP contribution in [0.15, 0.2) is 48.5 Å². The average molecular weight is 438 g/mol. The number of carboxylic acid groups (broad SMARTS) is 1. The highest BCUT2D eigenvalue weighted by atomic mass is 16.5. The van der Waals surface area contributed by atoms with E-state index in [1.807, 2.05) is 23.1 Å². The van der Waals surface area contributed by atoms with E-state index in [4.69, 9.17) is 4.74 Å². The van der Waals surface area contributed by atoms with E-state index in [9.17, 15) is 14.7 Å². The molecule has 1 aliphatic heterocycles. The Bertz CT molecular complexity index is 964. The second-order valence-electron chi connectivity index (χ2n) is 10.00. The number of carbonyl (C=O) groups excluding carboxylic acids is 1. The second kappa shape index (κ2) is 9.35. The van der Waals surface area contributed by atoms with Crippen LogP contribution in [-0.4, -0.2) is 40.6 Å². The van der Waals surface area contributed by atoms with Gasteiger partial charge in [-0.3, -0.25) is 4.79 Å². The fraction of sp³-hybridized carbons (Fsp3) is 0.481. The highest BCUT2D eigenvalue weighted by Crippen LogP contribution is 2.36. The SMILES string of the molecule is CC(C)c1ccc(CC(=O)N2CCC[C@@](C)(c3cccc(OC(C)(C)C(=O)O)c3)C2)cc1. The number of hydrogen-bond donors (Lipinski definition) is 1. The van der Waals surface area contributed by atoms with Crippen LogP contribution in [0.2, 0.25) is 0 Å². The minimum Gasteiger partial charge on any atom is -0.478 e. The Labute approximate surface area is 191 Å². The number of rotatable bonds is 7. The third-order valence-corrected chi connectivity index (χ3v) is 6.47. The van der Waals surface area contributed by atoms with Crippen LogP contribution in [0.5, 0.6) is 5.75 Å². The van der Waals surface area contributed by atoms with Gasteiger partial charge in [0.05, 0.1) is 6.42 Å². The van der Waals surface area contributed by atoms with Gasteiger partial charge in [-0.05, 0) is 61.4 Å². The van der Waals surface area contributed by atoms with Gasteiger partial charge in [0.2, 0.25) is 5.91 Å². The summed E-state index contributed by atoms with van der Waals surface area (Å²) in [5, 5.41) is 9.36. The molecule has 1 saturated heterocycles. The van der Waals surface area contributed by atoms with Gasteiger partial charge in [-0.2, -0.15) is 0 Å². The normalized spacial score (nSPS) is 19.1.